The molecule has 1 atom stereocenters. The van der Waals surface area contributed by atoms with E-state index in [4.69, 9.17) is 0 Å². The lowest BCUT2D eigenvalue weighted by molar-refractivity contribution is 0.0994. The summed E-state index contributed by atoms with van der Waals surface area (Å²) in [5.74, 6) is 0.0167. The largest absolute Gasteiger partial charge is 0.300 e. The molecular weight excluding hydrogens is 464 g/mol. The molecule has 0 bridgehead atoms. The first-order valence-electron chi connectivity index (χ1n) is 9.35. The highest BCUT2D eigenvalue weighted by Crippen LogP contribution is 2.25. The van der Waals surface area contributed by atoms with Gasteiger partial charge >= 0.3 is 5.56 Å². The summed E-state index contributed by atoms with van der Waals surface area (Å²) in [4.78, 5) is 25.7. The molecule has 0 saturated heterocycles. The summed E-state index contributed by atoms with van der Waals surface area (Å²) in [6.07, 6.45) is 3.43. The minimum atomic E-state index is -0.367. The first-order chi connectivity index (χ1) is 14.3. The Hall–Kier alpha value is -2.71. The van der Waals surface area contributed by atoms with E-state index in [1.54, 1.807) is 16.8 Å². The summed E-state index contributed by atoms with van der Waals surface area (Å²) in [7, 11) is 0. The number of thioether (sulfide) groups is 1. The van der Waals surface area contributed by atoms with Crippen molar-refractivity contribution in [1.29, 1.82) is 0 Å². The van der Waals surface area contributed by atoms with Crippen molar-refractivity contribution < 1.29 is 4.79 Å². The van der Waals surface area contributed by atoms with Gasteiger partial charge in [-0.2, -0.15) is 0 Å². The van der Waals surface area contributed by atoms with E-state index >= 15 is 0 Å². The van der Waals surface area contributed by atoms with Crippen molar-refractivity contribution in [2.45, 2.75) is 31.2 Å². The third-order valence-corrected chi connectivity index (χ3v) is 6.57. The van der Waals surface area contributed by atoms with Crippen molar-refractivity contribution in [2.24, 2.45) is 0 Å². The van der Waals surface area contributed by atoms with Crippen LogP contribution in [0.1, 0.15) is 28.4 Å². The second-order valence-corrected chi connectivity index (χ2v) is 9.27. The van der Waals surface area contributed by atoms with Gasteiger partial charge in [0, 0.05) is 28.1 Å². The summed E-state index contributed by atoms with van der Waals surface area (Å²) in [5, 5.41) is 8.37. The summed E-state index contributed by atoms with van der Waals surface area (Å²) in [6, 6.07) is 13.1. The number of hydrogen-bond donors (Lipinski definition) is 0. The Morgan fingerprint density at radius 1 is 1.03 bits per heavy atom. The van der Waals surface area contributed by atoms with Gasteiger partial charge in [0.05, 0.1) is 5.25 Å². The van der Waals surface area contributed by atoms with E-state index in [1.165, 1.54) is 16.3 Å². The molecular formula is C22H19BrN4O2S. The van der Waals surface area contributed by atoms with Crippen LogP contribution in [0.25, 0.3) is 11.3 Å². The highest BCUT2D eigenvalue weighted by Gasteiger charge is 2.21. The average molecular weight is 483 g/mol. The fraction of sp³-hybridized carbons (Fsp3) is 0.182. The smallest absolute Gasteiger partial charge is 0.293 e. The second kappa shape index (κ2) is 8.20. The van der Waals surface area contributed by atoms with E-state index in [0.717, 1.165) is 21.3 Å². The molecule has 4 rings (SSSR count). The third kappa shape index (κ3) is 3.85. The molecule has 6 nitrogen and oxygen atoms in total. The first-order valence-corrected chi connectivity index (χ1v) is 11.0. The van der Waals surface area contributed by atoms with Crippen LogP contribution < -0.4 is 5.56 Å². The van der Waals surface area contributed by atoms with Crippen LogP contribution in [0.2, 0.25) is 0 Å². The van der Waals surface area contributed by atoms with Gasteiger partial charge in [-0.25, -0.2) is 0 Å². The highest BCUT2D eigenvalue weighted by atomic mass is 79.9. The zero-order valence-corrected chi connectivity index (χ0v) is 19.1. The van der Waals surface area contributed by atoms with E-state index in [1.807, 2.05) is 63.2 Å². The number of carbonyl (C=O) groups excluding carboxylic acids is 1. The van der Waals surface area contributed by atoms with Gasteiger partial charge in [0.2, 0.25) is 5.65 Å². The molecule has 0 amide bonds. The van der Waals surface area contributed by atoms with Crippen molar-refractivity contribution in [3.63, 3.8) is 0 Å². The van der Waals surface area contributed by atoms with E-state index in [-0.39, 0.29) is 22.2 Å². The number of Topliss-reactive ketones (excluding diaryl/α,β-unsaturated/α-hetero) is 1. The van der Waals surface area contributed by atoms with Gasteiger partial charge < -0.3 is 0 Å². The third-order valence-electron chi connectivity index (χ3n) is 4.99. The molecule has 152 valence electrons. The lowest BCUT2D eigenvalue weighted by Gasteiger charge is -2.11. The Morgan fingerprint density at radius 2 is 1.77 bits per heavy atom. The van der Waals surface area contributed by atoms with Crippen LogP contribution in [-0.2, 0) is 0 Å². The van der Waals surface area contributed by atoms with E-state index in [2.05, 4.69) is 26.1 Å². The normalized spacial score (nSPS) is 12.3. The molecule has 8 heteroatoms. The molecule has 0 spiro atoms. The predicted molar refractivity (Wildman–Crippen MR) is 122 cm³/mol. The molecule has 4 aromatic rings. The number of benzene rings is 2. The lowest BCUT2D eigenvalue weighted by Crippen LogP contribution is -2.20. The monoisotopic (exact) mass is 482 g/mol. The topological polar surface area (TPSA) is 69.3 Å². The Bertz CT molecular complexity index is 1310. The summed E-state index contributed by atoms with van der Waals surface area (Å²) in [6.45, 7) is 5.85. The number of halogens is 1. The molecule has 2 heterocycles. The molecule has 0 saturated carbocycles. The van der Waals surface area contributed by atoms with Crippen LogP contribution in [0.3, 0.4) is 0 Å². The number of fused-ring (bicyclic) bond motifs is 1. The average Bonchev–Trinajstić information content (AvgIpc) is 3.14. The Morgan fingerprint density at radius 3 is 2.47 bits per heavy atom. The summed E-state index contributed by atoms with van der Waals surface area (Å²) < 4.78 is 4.09. The predicted octanol–water partition coefficient (Wildman–Crippen LogP) is 4.62. The van der Waals surface area contributed by atoms with Gasteiger partial charge in [-0.1, -0.05) is 39.8 Å². The molecule has 2 aromatic heterocycles. The molecule has 30 heavy (non-hydrogen) atoms. The van der Waals surface area contributed by atoms with Crippen LogP contribution in [0.15, 0.2) is 69.3 Å². The maximum absolute atomic E-state index is 12.9. The number of rotatable bonds is 5. The zero-order valence-electron chi connectivity index (χ0n) is 16.7. The molecule has 0 aliphatic heterocycles. The van der Waals surface area contributed by atoms with Gasteiger partial charge in [-0.3, -0.25) is 18.6 Å². The molecule has 0 aliphatic rings. The Balaban J connectivity index is 1.63. The van der Waals surface area contributed by atoms with E-state index in [0.29, 0.717) is 10.7 Å². The highest BCUT2D eigenvalue weighted by molar-refractivity contribution is 9.10. The molecule has 0 radical (unpaired) electrons. The minimum Gasteiger partial charge on any atom is -0.293 e. The van der Waals surface area contributed by atoms with Crippen LogP contribution in [0.4, 0.5) is 0 Å². The first kappa shape index (κ1) is 20.6. The minimum absolute atomic E-state index is 0.0167. The number of aromatic nitrogens is 4. The van der Waals surface area contributed by atoms with Crippen molar-refractivity contribution in [2.75, 3.05) is 0 Å². The molecule has 0 aliphatic carbocycles. The second-order valence-electron chi connectivity index (χ2n) is 7.05. The number of aryl methyl sites for hydroxylation is 2. The quantitative estimate of drug-likeness (QED) is 0.306. The standard InChI is InChI=1S/C22H19BrN4O2S/c1-13-4-5-16(12-14(13)2)19(28)15(3)30-22-25-24-20-21(29)26(10-11-27(20)22)18-8-6-17(23)7-9-18/h4-12,15H,1-3H3/t15-/m1/s1. The molecule has 0 N–H and O–H groups in total. The van der Waals surface area contributed by atoms with Crippen LogP contribution >= 0.6 is 27.7 Å². The number of nitrogens with zero attached hydrogens (tertiary/aromatic N) is 4. The van der Waals surface area contributed by atoms with Crippen LogP contribution in [0.5, 0.6) is 0 Å². The van der Waals surface area contributed by atoms with Crippen molar-refractivity contribution >= 4 is 39.1 Å². The number of ketones is 1. The van der Waals surface area contributed by atoms with Crippen LogP contribution in [-0.4, -0.2) is 30.2 Å². The van der Waals surface area contributed by atoms with Crippen molar-refractivity contribution in [3.05, 3.63) is 86.4 Å². The lowest BCUT2D eigenvalue weighted by atomic mass is 10.0. The Kier molecular flexibility index (Phi) is 5.62. The number of carbonyl (C=O) groups is 1. The van der Waals surface area contributed by atoms with Gasteiger partial charge in [0.25, 0.3) is 0 Å². The van der Waals surface area contributed by atoms with Crippen molar-refractivity contribution in [1.82, 2.24) is 19.2 Å². The summed E-state index contributed by atoms with van der Waals surface area (Å²) in [5.41, 5.74) is 3.59. The molecule has 0 unspecified atom stereocenters. The Labute approximate surface area is 186 Å². The van der Waals surface area contributed by atoms with E-state index in [9.17, 15) is 9.59 Å². The maximum atomic E-state index is 12.9. The van der Waals surface area contributed by atoms with Gasteiger partial charge in [0.1, 0.15) is 0 Å². The SMILES string of the molecule is Cc1ccc(C(=O)[C@@H](C)Sc2nnc3c(=O)n(-c4ccc(Br)cc4)ccn23)cc1C. The molecule has 0 fully saturated rings. The van der Waals surface area contributed by atoms with Crippen molar-refractivity contribution in [3.8, 4) is 5.69 Å². The van der Waals surface area contributed by atoms with Gasteiger partial charge in [-0.05, 0) is 62.2 Å². The fourth-order valence-electron chi connectivity index (χ4n) is 3.09. The maximum Gasteiger partial charge on any atom is 0.300 e. The van der Waals surface area contributed by atoms with E-state index < -0.39 is 0 Å². The zero-order chi connectivity index (χ0) is 21.4. The fourth-order valence-corrected chi connectivity index (χ4v) is 4.26. The summed E-state index contributed by atoms with van der Waals surface area (Å²) >= 11 is 4.68. The van der Waals surface area contributed by atoms with Gasteiger partial charge in [-0.15, -0.1) is 10.2 Å². The van der Waals surface area contributed by atoms with Crippen LogP contribution in [0, 0.1) is 13.8 Å². The number of hydrogen-bond acceptors (Lipinski definition) is 5. The van der Waals surface area contributed by atoms with Gasteiger partial charge in [0.15, 0.2) is 10.9 Å². The molecule has 2 aromatic carbocycles.